The first-order valence-corrected chi connectivity index (χ1v) is 9.16. The predicted octanol–water partition coefficient (Wildman–Crippen LogP) is 4.78. The average Bonchev–Trinajstić information content (AvgIpc) is 2.76. The van der Waals surface area contributed by atoms with E-state index in [1.807, 2.05) is 66.7 Å². The van der Waals surface area contributed by atoms with Gasteiger partial charge in [-0.25, -0.2) is 4.79 Å². The van der Waals surface area contributed by atoms with Gasteiger partial charge in [-0.05, 0) is 42.0 Å². The van der Waals surface area contributed by atoms with Crippen LogP contribution in [0, 0.1) is 0 Å². The summed E-state index contributed by atoms with van der Waals surface area (Å²) in [5, 5.41) is 9.62. The fraction of sp³-hybridized carbons (Fsp3) is 0.125. The molecule has 0 saturated heterocycles. The molecular weight excluding hydrogens is 368 g/mol. The molecule has 3 aromatic carbocycles. The summed E-state index contributed by atoms with van der Waals surface area (Å²) in [5.74, 6) is 1.09. The Kier molecular flexibility index (Phi) is 6.90. The molecule has 0 aliphatic heterocycles. The summed E-state index contributed by atoms with van der Waals surface area (Å²) in [6.45, 7) is 0.680. The van der Waals surface area contributed by atoms with Gasteiger partial charge in [0.2, 0.25) is 0 Å². The van der Waals surface area contributed by atoms with Gasteiger partial charge in [-0.1, -0.05) is 48.5 Å². The lowest BCUT2D eigenvalue weighted by Gasteiger charge is -2.11. The third kappa shape index (κ3) is 5.62. The van der Waals surface area contributed by atoms with Crippen LogP contribution < -0.4 is 14.2 Å². The van der Waals surface area contributed by atoms with Gasteiger partial charge < -0.3 is 19.3 Å². The van der Waals surface area contributed by atoms with Gasteiger partial charge in [-0.15, -0.1) is 0 Å². The molecule has 3 rings (SSSR count). The van der Waals surface area contributed by atoms with E-state index in [0.717, 1.165) is 11.5 Å². The van der Waals surface area contributed by atoms with Crippen molar-refractivity contribution >= 4 is 17.6 Å². The third-order valence-corrected chi connectivity index (χ3v) is 4.20. The Balaban J connectivity index is 1.67. The Morgan fingerprint density at radius 3 is 2.14 bits per heavy atom. The number of aliphatic carboxylic acids is 1. The number of rotatable bonds is 9. The van der Waals surface area contributed by atoms with Gasteiger partial charge >= 0.3 is 5.97 Å². The van der Waals surface area contributed by atoms with Gasteiger partial charge in [0, 0.05) is 5.56 Å². The molecule has 0 spiro atoms. The van der Waals surface area contributed by atoms with Crippen LogP contribution >= 0.6 is 0 Å². The standard InChI is InChI=1S/C24H22O5/c1-27-20-11-13-21(14-12-20)28-15-16-29-23-10-6-5-9-19(23)17-22(24(25)26)18-7-3-2-4-8-18/h2-14,17H,15-16H2,1H3,(H,25,26). The van der Waals surface area contributed by atoms with Crippen molar-refractivity contribution in [3.63, 3.8) is 0 Å². The molecule has 0 heterocycles. The molecule has 0 atom stereocenters. The number of carboxylic acids is 1. The zero-order valence-corrected chi connectivity index (χ0v) is 16.1. The monoisotopic (exact) mass is 390 g/mol. The van der Waals surface area contributed by atoms with Gasteiger partial charge in [-0.2, -0.15) is 0 Å². The topological polar surface area (TPSA) is 65.0 Å². The highest BCUT2D eigenvalue weighted by Gasteiger charge is 2.11. The molecule has 0 unspecified atom stereocenters. The van der Waals surface area contributed by atoms with Crippen LogP contribution in [0.3, 0.4) is 0 Å². The van der Waals surface area contributed by atoms with E-state index in [0.29, 0.717) is 30.1 Å². The van der Waals surface area contributed by atoms with Crippen LogP contribution in [0.4, 0.5) is 0 Å². The molecule has 0 saturated carbocycles. The van der Waals surface area contributed by atoms with Crippen LogP contribution in [0.15, 0.2) is 78.9 Å². The maximum Gasteiger partial charge on any atom is 0.336 e. The van der Waals surface area contributed by atoms with Crippen molar-refractivity contribution in [1.82, 2.24) is 0 Å². The maximum atomic E-state index is 11.7. The predicted molar refractivity (Wildman–Crippen MR) is 112 cm³/mol. The summed E-state index contributed by atoms with van der Waals surface area (Å²) in [6.07, 6.45) is 1.62. The van der Waals surface area contributed by atoms with Gasteiger partial charge in [-0.3, -0.25) is 0 Å². The molecule has 0 amide bonds. The second-order valence-corrected chi connectivity index (χ2v) is 6.14. The number of methoxy groups -OCH3 is 1. The minimum Gasteiger partial charge on any atom is -0.497 e. The van der Waals surface area contributed by atoms with Gasteiger partial charge in [0.1, 0.15) is 30.5 Å². The second-order valence-electron chi connectivity index (χ2n) is 6.14. The summed E-state index contributed by atoms with van der Waals surface area (Å²) in [5.41, 5.74) is 1.53. The summed E-state index contributed by atoms with van der Waals surface area (Å²) >= 11 is 0. The maximum absolute atomic E-state index is 11.7. The molecule has 0 fully saturated rings. The first kappa shape index (κ1) is 20.0. The lowest BCUT2D eigenvalue weighted by molar-refractivity contribution is -0.130. The molecule has 0 bridgehead atoms. The van der Waals surface area contributed by atoms with Crippen molar-refractivity contribution in [1.29, 1.82) is 0 Å². The lowest BCUT2D eigenvalue weighted by Crippen LogP contribution is -2.09. The Labute approximate surface area is 169 Å². The second kappa shape index (κ2) is 9.99. The minimum atomic E-state index is -0.992. The van der Waals surface area contributed by atoms with Crippen LogP contribution in [0.1, 0.15) is 11.1 Å². The number of carboxylic acid groups (broad SMARTS) is 1. The number of para-hydroxylation sites is 1. The molecule has 5 nitrogen and oxygen atoms in total. The molecule has 0 aliphatic carbocycles. The number of ether oxygens (including phenoxy) is 3. The molecule has 0 radical (unpaired) electrons. The normalized spacial score (nSPS) is 11.0. The van der Waals surface area contributed by atoms with Gasteiger partial charge in [0.25, 0.3) is 0 Å². The van der Waals surface area contributed by atoms with Crippen LogP contribution in [0.2, 0.25) is 0 Å². The molecule has 0 aromatic heterocycles. The Morgan fingerprint density at radius 1 is 0.828 bits per heavy atom. The van der Waals surface area contributed by atoms with Gasteiger partial charge in [0.05, 0.1) is 12.7 Å². The van der Waals surface area contributed by atoms with Crippen molar-refractivity contribution in [2.45, 2.75) is 0 Å². The molecule has 5 heteroatoms. The molecule has 3 aromatic rings. The van der Waals surface area contributed by atoms with E-state index in [1.54, 1.807) is 25.3 Å². The van der Waals surface area contributed by atoms with Crippen LogP contribution in [-0.2, 0) is 4.79 Å². The molecule has 29 heavy (non-hydrogen) atoms. The van der Waals surface area contributed by atoms with Crippen molar-refractivity contribution in [2.75, 3.05) is 20.3 Å². The van der Waals surface area contributed by atoms with E-state index in [-0.39, 0.29) is 5.57 Å². The zero-order chi connectivity index (χ0) is 20.5. The zero-order valence-electron chi connectivity index (χ0n) is 16.1. The van der Waals surface area contributed by atoms with E-state index in [4.69, 9.17) is 14.2 Å². The van der Waals surface area contributed by atoms with Crippen LogP contribution in [0.5, 0.6) is 17.2 Å². The Bertz CT molecular complexity index is 962. The van der Waals surface area contributed by atoms with Crippen molar-refractivity contribution in [2.24, 2.45) is 0 Å². The first-order chi connectivity index (χ1) is 14.2. The summed E-state index contributed by atoms with van der Waals surface area (Å²) in [7, 11) is 1.61. The number of hydrogen-bond acceptors (Lipinski definition) is 4. The molecule has 0 aliphatic rings. The van der Waals surface area contributed by atoms with E-state index in [1.165, 1.54) is 0 Å². The van der Waals surface area contributed by atoms with Crippen molar-refractivity contribution in [3.05, 3.63) is 90.0 Å². The number of hydrogen-bond donors (Lipinski definition) is 1. The van der Waals surface area contributed by atoms with E-state index < -0.39 is 5.97 Å². The smallest absolute Gasteiger partial charge is 0.336 e. The fourth-order valence-electron chi connectivity index (χ4n) is 2.76. The summed E-state index contributed by atoms with van der Waals surface area (Å²) in [6, 6.07) is 23.6. The quantitative estimate of drug-likeness (QED) is 0.324. The number of carbonyl (C=O) groups is 1. The lowest BCUT2D eigenvalue weighted by atomic mass is 10.0. The molecular formula is C24H22O5. The Morgan fingerprint density at radius 2 is 1.45 bits per heavy atom. The van der Waals surface area contributed by atoms with Crippen LogP contribution in [0.25, 0.3) is 11.6 Å². The van der Waals surface area contributed by atoms with Crippen molar-refractivity contribution in [3.8, 4) is 17.2 Å². The highest BCUT2D eigenvalue weighted by atomic mass is 16.5. The number of benzene rings is 3. The van der Waals surface area contributed by atoms with Gasteiger partial charge in [0.15, 0.2) is 0 Å². The fourth-order valence-corrected chi connectivity index (χ4v) is 2.76. The molecule has 148 valence electrons. The van der Waals surface area contributed by atoms with E-state index in [2.05, 4.69) is 0 Å². The highest BCUT2D eigenvalue weighted by molar-refractivity contribution is 6.20. The largest absolute Gasteiger partial charge is 0.497 e. The van der Waals surface area contributed by atoms with E-state index in [9.17, 15) is 9.90 Å². The SMILES string of the molecule is COc1ccc(OCCOc2ccccc2C=C(C(=O)O)c2ccccc2)cc1. The molecule has 1 N–H and O–H groups in total. The third-order valence-electron chi connectivity index (χ3n) is 4.20. The summed E-state index contributed by atoms with van der Waals surface area (Å²) in [4.78, 5) is 11.7. The van der Waals surface area contributed by atoms with Crippen molar-refractivity contribution < 1.29 is 24.1 Å². The summed E-state index contributed by atoms with van der Waals surface area (Å²) < 4.78 is 16.6. The van der Waals surface area contributed by atoms with Crippen LogP contribution in [-0.4, -0.2) is 31.4 Å². The highest BCUT2D eigenvalue weighted by Crippen LogP contribution is 2.25. The minimum absolute atomic E-state index is 0.205. The first-order valence-electron chi connectivity index (χ1n) is 9.16. The van der Waals surface area contributed by atoms with E-state index >= 15 is 0 Å². The average molecular weight is 390 g/mol. The Hall–Kier alpha value is -3.73.